The molecule has 4 aromatic rings. The SMILES string of the molecule is Cc1nn(-c2ccccn2)c2nc(C3CC3)cc(C(=O)NCc3cc(Br)ccc3F)c12. The van der Waals surface area contributed by atoms with Crippen LogP contribution in [-0.2, 0) is 6.54 Å². The molecule has 0 saturated heterocycles. The minimum absolute atomic E-state index is 0.0834. The molecular weight excluding hydrogens is 461 g/mol. The molecule has 1 amide bonds. The van der Waals surface area contributed by atoms with Crippen LogP contribution in [0.3, 0.4) is 0 Å². The molecule has 0 radical (unpaired) electrons. The highest BCUT2D eigenvalue weighted by Gasteiger charge is 2.29. The first-order valence-electron chi connectivity index (χ1n) is 10.0. The monoisotopic (exact) mass is 479 g/mol. The van der Waals surface area contributed by atoms with Crippen LogP contribution in [0, 0.1) is 12.7 Å². The molecule has 1 aliphatic carbocycles. The summed E-state index contributed by atoms with van der Waals surface area (Å²) in [6.07, 6.45) is 3.81. The number of rotatable bonds is 5. The maximum absolute atomic E-state index is 14.1. The number of nitrogens with one attached hydrogen (secondary N) is 1. The van der Waals surface area contributed by atoms with Crippen LogP contribution >= 0.6 is 15.9 Å². The number of aromatic nitrogens is 4. The highest BCUT2D eigenvalue weighted by Crippen LogP contribution is 2.40. The Morgan fingerprint density at radius 3 is 2.84 bits per heavy atom. The lowest BCUT2D eigenvalue weighted by Gasteiger charge is -2.10. The lowest BCUT2D eigenvalue weighted by Crippen LogP contribution is -2.24. The van der Waals surface area contributed by atoms with E-state index in [9.17, 15) is 9.18 Å². The van der Waals surface area contributed by atoms with Crippen LogP contribution in [0.15, 0.2) is 53.1 Å². The molecule has 1 saturated carbocycles. The van der Waals surface area contributed by atoms with E-state index in [4.69, 9.17) is 4.98 Å². The van der Waals surface area contributed by atoms with Gasteiger partial charge in [0, 0.05) is 34.4 Å². The van der Waals surface area contributed by atoms with Crippen molar-refractivity contribution in [1.29, 1.82) is 0 Å². The number of amides is 1. The van der Waals surface area contributed by atoms with Crippen molar-refractivity contribution in [3.05, 3.63) is 81.5 Å². The zero-order valence-electron chi connectivity index (χ0n) is 16.8. The van der Waals surface area contributed by atoms with Gasteiger partial charge in [-0.3, -0.25) is 4.79 Å². The fourth-order valence-electron chi connectivity index (χ4n) is 3.66. The third-order valence-electron chi connectivity index (χ3n) is 5.39. The number of halogens is 2. The van der Waals surface area contributed by atoms with E-state index < -0.39 is 0 Å². The molecular formula is C23H19BrFN5O. The van der Waals surface area contributed by atoms with Gasteiger partial charge in [0.15, 0.2) is 11.5 Å². The van der Waals surface area contributed by atoms with Gasteiger partial charge >= 0.3 is 0 Å². The fourth-order valence-corrected chi connectivity index (χ4v) is 4.07. The van der Waals surface area contributed by atoms with Gasteiger partial charge in [0.2, 0.25) is 0 Å². The molecule has 0 spiro atoms. The Bertz CT molecular complexity index is 1300. The Morgan fingerprint density at radius 1 is 1.26 bits per heavy atom. The molecule has 5 rings (SSSR count). The van der Waals surface area contributed by atoms with Crippen molar-refractivity contribution in [3.8, 4) is 5.82 Å². The van der Waals surface area contributed by atoms with E-state index in [1.165, 1.54) is 6.07 Å². The summed E-state index contributed by atoms with van der Waals surface area (Å²) in [4.78, 5) is 22.4. The van der Waals surface area contributed by atoms with E-state index >= 15 is 0 Å². The van der Waals surface area contributed by atoms with Crippen LogP contribution in [0.2, 0.25) is 0 Å². The second kappa shape index (κ2) is 7.85. The summed E-state index contributed by atoms with van der Waals surface area (Å²) in [7, 11) is 0. The van der Waals surface area contributed by atoms with Crippen molar-refractivity contribution in [1.82, 2.24) is 25.1 Å². The van der Waals surface area contributed by atoms with E-state index in [0.717, 1.165) is 23.0 Å². The van der Waals surface area contributed by atoms with Crippen LogP contribution in [0.5, 0.6) is 0 Å². The number of benzene rings is 1. The molecule has 8 heteroatoms. The number of aryl methyl sites for hydroxylation is 1. The number of hydrogen-bond donors (Lipinski definition) is 1. The summed E-state index contributed by atoms with van der Waals surface area (Å²) in [5.74, 6) is 0.355. The van der Waals surface area contributed by atoms with Crippen molar-refractivity contribution < 1.29 is 9.18 Å². The summed E-state index contributed by atoms with van der Waals surface area (Å²) in [5, 5.41) is 8.15. The zero-order chi connectivity index (χ0) is 21.5. The molecule has 156 valence electrons. The third-order valence-corrected chi connectivity index (χ3v) is 5.88. The maximum Gasteiger partial charge on any atom is 0.252 e. The lowest BCUT2D eigenvalue weighted by molar-refractivity contribution is 0.0952. The van der Waals surface area contributed by atoms with E-state index in [1.807, 2.05) is 31.2 Å². The molecule has 0 aliphatic heterocycles. The molecule has 1 N–H and O–H groups in total. The number of carbonyl (C=O) groups is 1. The van der Waals surface area contributed by atoms with Gasteiger partial charge in [-0.25, -0.2) is 14.4 Å². The molecule has 0 unspecified atom stereocenters. The van der Waals surface area contributed by atoms with Gasteiger partial charge in [-0.2, -0.15) is 9.78 Å². The smallest absolute Gasteiger partial charge is 0.252 e. The molecule has 1 aliphatic rings. The van der Waals surface area contributed by atoms with Crippen LogP contribution in [-0.4, -0.2) is 25.7 Å². The minimum atomic E-state index is -0.360. The average Bonchev–Trinajstić information content (AvgIpc) is 3.58. The van der Waals surface area contributed by atoms with E-state index in [-0.39, 0.29) is 18.3 Å². The van der Waals surface area contributed by atoms with Crippen molar-refractivity contribution in [2.45, 2.75) is 32.2 Å². The Kier molecular flexibility index (Phi) is 5.02. The predicted molar refractivity (Wildman–Crippen MR) is 119 cm³/mol. The third kappa shape index (κ3) is 3.83. The van der Waals surface area contributed by atoms with Crippen LogP contribution in [0.1, 0.15) is 46.1 Å². The first-order valence-corrected chi connectivity index (χ1v) is 10.8. The standard InChI is InChI=1S/C23H19BrFN5O/c1-13-21-17(23(31)27-12-15-10-16(24)7-8-18(15)25)11-19(14-5-6-14)28-22(21)30(29-13)20-4-2-3-9-26-20/h2-4,7-11,14H,5-6,12H2,1H3,(H,27,31). The van der Waals surface area contributed by atoms with Gasteiger partial charge < -0.3 is 5.32 Å². The fraction of sp³-hybridized carbons (Fsp3) is 0.217. The largest absolute Gasteiger partial charge is 0.348 e. The van der Waals surface area contributed by atoms with Gasteiger partial charge in [-0.05, 0) is 56.2 Å². The van der Waals surface area contributed by atoms with Gasteiger partial charge in [-0.15, -0.1) is 0 Å². The van der Waals surface area contributed by atoms with Gasteiger partial charge in [0.25, 0.3) is 5.91 Å². The van der Waals surface area contributed by atoms with Gasteiger partial charge in [-0.1, -0.05) is 22.0 Å². The Balaban J connectivity index is 1.56. The average molecular weight is 480 g/mol. The van der Waals surface area contributed by atoms with E-state index in [2.05, 4.69) is 31.3 Å². The van der Waals surface area contributed by atoms with Crippen LogP contribution in [0.25, 0.3) is 16.9 Å². The second-order valence-corrected chi connectivity index (χ2v) is 8.59. The molecule has 0 atom stereocenters. The first-order chi connectivity index (χ1) is 15.0. The number of pyridine rings is 2. The zero-order valence-corrected chi connectivity index (χ0v) is 18.4. The van der Waals surface area contributed by atoms with E-state index in [0.29, 0.717) is 39.6 Å². The second-order valence-electron chi connectivity index (χ2n) is 7.67. The number of nitrogens with zero attached hydrogens (tertiary/aromatic N) is 4. The Morgan fingerprint density at radius 2 is 2.10 bits per heavy atom. The van der Waals surface area contributed by atoms with E-state index in [1.54, 1.807) is 23.0 Å². The van der Waals surface area contributed by atoms with Crippen LogP contribution in [0.4, 0.5) is 4.39 Å². The molecule has 0 bridgehead atoms. The number of fused-ring (bicyclic) bond motifs is 1. The van der Waals surface area contributed by atoms with Crippen molar-refractivity contribution >= 4 is 32.9 Å². The Labute approximate surface area is 186 Å². The predicted octanol–water partition coefficient (Wildman–Crippen LogP) is 4.83. The summed E-state index contributed by atoms with van der Waals surface area (Å²) in [5.41, 5.74) is 3.09. The summed E-state index contributed by atoms with van der Waals surface area (Å²) < 4.78 is 16.5. The topological polar surface area (TPSA) is 72.7 Å². The van der Waals surface area contributed by atoms with Gasteiger partial charge in [0.1, 0.15) is 5.82 Å². The molecule has 3 aromatic heterocycles. The van der Waals surface area contributed by atoms with Crippen molar-refractivity contribution in [2.24, 2.45) is 0 Å². The number of hydrogen-bond acceptors (Lipinski definition) is 4. The van der Waals surface area contributed by atoms with Crippen LogP contribution < -0.4 is 5.32 Å². The molecule has 31 heavy (non-hydrogen) atoms. The van der Waals surface area contributed by atoms with Crippen molar-refractivity contribution in [3.63, 3.8) is 0 Å². The summed E-state index contributed by atoms with van der Waals surface area (Å²) in [6, 6.07) is 12.1. The summed E-state index contributed by atoms with van der Waals surface area (Å²) >= 11 is 3.34. The van der Waals surface area contributed by atoms with Crippen molar-refractivity contribution in [2.75, 3.05) is 0 Å². The summed E-state index contributed by atoms with van der Waals surface area (Å²) in [6.45, 7) is 1.94. The minimum Gasteiger partial charge on any atom is -0.348 e. The molecule has 6 nitrogen and oxygen atoms in total. The Hall–Kier alpha value is -3.13. The normalized spacial score (nSPS) is 13.5. The first kappa shape index (κ1) is 19.8. The molecule has 1 fully saturated rings. The molecule has 3 heterocycles. The maximum atomic E-state index is 14.1. The number of carbonyl (C=O) groups excluding carboxylic acids is 1. The van der Waals surface area contributed by atoms with Gasteiger partial charge in [0.05, 0.1) is 16.6 Å². The lowest BCUT2D eigenvalue weighted by atomic mass is 10.1. The quantitative estimate of drug-likeness (QED) is 0.444. The molecule has 1 aromatic carbocycles. The highest BCUT2D eigenvalue weighted by atomic mass is 79.9. The highest BCUT2D eigenvalue weighted by molar-refractivity contribution is 9.10.